The van der Waals surface area contributed by atoms with Crippen molar-refractivity contribution in [3.8, 4) is 0 Å². The lowest BCUT2D eigenvalue weighted by molar-refractivity contribution is -0.0847. The third kappa shape index (κ3) is 5.67. The number of hydrogen-bond donors (Lipinski definition) is 2. The molecular weight excluding hydrogens is 342 g/mol. The number of carbonyl (C=O) groups excluding carboxylic acids is 1. The van der Waals surface area contributed by atoms with Crippen molar-refractivity contribution in [2.75, 3.05) is 39.4 Å². The van der Waals surface area contributed by atoms with Gasteiger partial charge in [0.15, 0.2) is 0 Å². The Balaban J connectivity index is 1.55. The minimum atomic E-state index is -0.257. The van der Waals surface area contributed by atoms with E-state index in [0.717, 1.165) is 45.5 Å². The van der Waals surface area contributed by atoms with Gasteiger partial charge in [0.2, 0.25) is 0 Å². The zero-order valence-electron chi connectivity index (χ0n) is 16.6. The Morgan fingerprint density at radius 1 is 1.22 bits per heavy atom. The fourth-order valence-electron chi connectivity index (χ4n) is 3.95. The van der Waals surface area contributed by atoms with Crippen molar-refractivity contribution in [3.63, 3.8) is 0 Å². The van der Waals surface area contributed by atoms with E-state index in [1.807, 2.05) is 6.92 Å². The molecule has 0 saturated carbocycles. The number of hydrogen-bond acceptors (Lipinski definition) is 4. The monoisotopic (exact) mass is 375 g/mol. The summed E-state index contributed by atoms with van der Waals surface area (Å²) in [6.45, 7) is 9.35. The van der Waals surface area contributed by atoms with Gasteiger partial charge in [-0.25, -0.2) is 4.79 Å². The maximum atomic E-state index is 11.6. The van der Waals surface area contributed by atoms with E-state index in [1.54, 1.807) is 0 Å². The van der Waals surface area contributed by atoms with Crippen molar-refractivity contribution in [2.24, 2.45) is 0 Å². The fourth-order valence-corrected chi connectivity index (χ4v) is 3.95. The molecule has 0 unspecified atom stereocenters. The van der Waals surface area contributed by atoms with Crippen LogP contribution in [0.2, 0.25) is 0 Å². The lowest BCUT2D eigenvalue weighted by atomic mass is 9.99. The van der Waals surface area contributed by atoms with Gasteiger partial charge in [-0.05, 0) is 37.3 Å². The van der Waals surface area contributed by atoms with Crippen molar-refractivity contribution in [1.29, 1.82) is 0 Å². The van der Waals surface area contributed by atoms with Gasteiger partial charge in [0.25, 0.3) is 0 Å². The van der Waals surface area contributed by atoms with Gasteiger partial charge in [0.1, 0.15) is 5.60 Å². The van der Waals surface area contributed by atoms with Gasteiger partial charge in [-0.3, -0.25) is 4.90 Å². The van der Waals surface area contributed by atoms with E-state index in [1.165, 1.54) is 11.1 Å². The predicted molar refractivity (Wildman–Crippen MR) is 106 cm³/mol. The highest BCUT2D eigenvalue weighted by molar-refractivity contribution is 5.73. The molecule has 27 heavy (non-hydrogen) atoms. The number of ether oxygens (including phenoxy) is 2. The number of rotatable bonds is 6. The van der Waals surface area contributed by atoms with E-state index < -0.39 is 0 Å². The Morgan fingerprint density at radius 2 is 2.00 bits per heavy atom. The number of urea groups is 1. The van der Waals surface area contributed by atoms with Crippen LogP contribution in [0.3, 0.4) is 0 Å². The van der Waals surface area contributed by atoms with E-state index in [9.17, 15) is 4.79 Å². The zero-order chi connectivity index (χ0) is 19.1. The highest BCUT2D eigenvalue weighted by atomic mass is 16.6. The SMILES string of the molecule is CCNC(=O)NC[C@H]1CC[C@]2(COCCN(Cc3ccc(CC)cc3)C2)O1. The van der Waals surface area contributed by atoms with Crippen molar-refractivity contribution in [1.82, 2.24) is 15.5 Å². The van der Waals surface area contributed by atoms with Gasteiger partial charge in [-0.2, -0.15) is 0 Å². The van der Waals surface area contributed by atoms with Crippen molar-refractivity contribution >= 4 is 6.03 Å². The molecule has 2 atom stereocenters. The van der Waals surface area contributed by atoms with E-state index in [4.69, 9.17) is 9.47 Å². The fraction of sp³-hybridized carbons (Fsp3) is 0.667. The highest BCUT2D eigenvalue weighted by Crippen LogP contribution is 2.33. The number of carbonyl (C=O) groups is 1. The number of amides is 2. The zero-order valence-corrected chi connectivity index (χ0v) is 16.6. The summed E-state index contributed by atoms with van der Waals surface area (Å²) in [5.74, 6) is 0. The minimum Gasteiger partial charge on any atom is -0.377 e. The molecule has 1 aromatic rings. The lowest BCUT2D eigenvalue weighted by Crippen LogP contribution is -2.46. The predicted octanol–water partition coefficient (Wildman–Crippen LogP) is 2.32. The summed E-state index contributed by atoms with van der Waals surface area (Å²) in [6, 6.07) is 8.76. The molecule has 6 nitrogen and oxygen atoms in total. The summed E-state index contributed by atoms with van der Waals surface area (Å²) >= 11 is 0. The Hall–Kier alpha value is -1.63. The molecule has 3 rings (SSSR count). The Kier molecular flexibility index (Phi) is 7.10. The molecule has 1 spiro atoms. The second-order valence-corrected chi connectivity index (χ2v) is 7.64. The number of nitrogens with one attached hydrogen (secondary N) is 2. The standard InChI is InChI=1S/C21H33N3O3/c1-3-17-5-7-18(8-6-17)14-24-11-12-26-16-21(15-24)10-9-19(27-21)13-23-20(25)22-4-2/h5-8,19H,3-4,9-16H2,1-2H3,(H2,22,23,25)/t19-,21+/m1/s1. The smallest absolute Gasteiger partial charge is 0.314 e. The summed E-state index contributed by atoms with van der Waals surface area (Å²) in [5.41, 5.74) is 2.45. The average molecular weight is 376 g/mol. The normalized spacial score (nSPS) is 26.1. The van der Waals surface area contributed by atoms with Crippen LogP contribution in [-0.2, 0) is 22.4 Å². The molecule has 2 fully saturated rings. The lowest BCUT2D eigenvalue weighted by Gasteiger charge is -2.32. The number of nitrogens with zero attached hydrogens (tertiary/aromatic N) is 1. The Morgan fingerprint density at radius 3 is 2.74 bits per heavy atom. The number of benzene rings is 1. The maximum Gasteiger partial charge on any atom is 0.314 e. The van der Waals surface area contributed by atoms with Crippen molar-refractivity contribution < 1.29 is 14.3 Å². The maximum absolute atomic E-state index is 11.6. The first-order valence-electron chi connectivity index (χ1n) is 10.2. The van der Waals surface area contributed by atoms with Crippen LogP contribution in [0, 0.1) is 0 Å². The summed E-state index contributed by atoms with van der Waals surface area (Å²) in [6.07, 6.45) is 3.05. The summed E-state index contributed by atoms with van der Waals surface area (Å²) in [5, 5.41) is 5.65. The molecule has 0 aromatic heterocycles. The third-order valence-electron chi connectivity index (χ3n) is 5.43. The quantitative estimate of drug-likeness (QED) is 0.801. The molecule has 2 saturated heterocycles. The van der Waals surface area contributed by atoms with Gasteiger partial charge in [-0.15, -0.1) is 0 Å². The van der Waals surface area contributed by atoms with E-state index in [2.05, 4.69) is 46.7 Å². The molecule has 2 heterocycles. The molecule has 0 bridgehead atoms. The van der Waals surface area contributed by atoms with Crippen LogP contribution in [0.25, 0.3) is 0 Å². The summed E-state index contributed by atoms with van der Waals surface area (Å²) in [7, 11) is 0. The van der Waals surface area contributed by atoms with Crippen LogP contribution >= 0.6 is 0 Å². The van der Waals surface area contributed by atoms with Crippen LogP contribution in [0.15, 0.2) is 24.3 Å². The molecule has 150 valence electrons. The summed E-state index contributed by atoms with van der Waals surface area (Å²) in [4.78, 5) is 14.1. The van der Waals surface area contributed by atoms with E-state index in [0.29, 0.717) is 19.7 Å². The van der Waals surface area contributed by atoms with Gasteiger partial charge < -0.3 is 20.1 Å². The molecule has 0 aliphatic carbocycles. The first kappa shape index (κ1) is 20.1. The molecule has 2 aliphatic rings. The Bertz CT molecular complexity index is 607. The van der Waals surface area contributed by atoms with Crippen molar-refractivity contribution in [2.45, 2.75) is 51.4 Å². The van der Waals surface area contributed by atoms with Gasteiger partial charge in [0.05, 0.1) is 19.3 Å². The summed E-state index contributed by atoms with van der Waals surface area (Å²) < 4.78 is 12.3. The second kappa shape index (κ2) is 9.53. The van der Waals surface area contributed by atoms with E-state index >= 15 is 0 Å². The highest BCUT2D eigenvalue weighted by Gasteiger charge is 2.43. The van der Waals surface area contributed by atoms with Crippen LogP contribution < -0.4 is 10.6 Å². The molecule has 2 amide bonds. The van der Waals surface area contributed by atoms with Crippen LogP contribution in [0.5, 0.6) is 0 Å². The second-order valence-electron chi connectivity index (χ2n) is 7.64. The molecule has 6 heteroatoms. The largest absolute Gasteiger partial charge is 0.377 e. The van der Waals surface area contributed by atoms with Crippen LogP contribution in [0.4, 0.5) is 4.79 Å². The number of aryl methyl sites for hydroxylation is 1. The van der Waals surface area contributed by atoms with Gasteiger partial charge in [-0.1, -0.05) is 31.2 Å². The van der Waals surface area contributed by atoms with Gasteiger partial charge in [0, 0.05) is 32.7 Å². The molecular formula is C21H33N3O3. The average Bonchev–Trinajstić information content (AvgIpc) is 2.96. The molecule has 2 aliphatic heterocycles. The third-order valence-corrected chi connectivity index (χ3v) is 5.43. The van der Waals surface area contributed by atoms with E-state index in [-0.39, 0.29) is 17.7 Å². The molecule has 2 N–H and O–H groups in total. The van der Waals surface area contributed by atoms with Crippen LogP contribution in [0.1, 0.15) is 37.8 Å². The molecule has 1 aromatic carbocycles. The van der Waals surface area contributed by atoms with Crippen molar-refractivity contribution in [3.05, 3.63) is 35.4 Å². The minimum absolute atomic E-state index is 0.0555. The first-order valence-corrected chi connectivity index (χ1v) is 10.2. The molecule has 0 radical (unpaired) electrons. The topological polar surface area (TPSA) is 62.8 Å². The first-order chi connectivity index (χ1) is 13.1. The van der Waals surface area contributed by atoms with Crippen LogP contribution in [-0.4, -0.2) is 62.0 Å². The Labute approximate surface area is 162 Å². The van der Waals surface area contributed by atoms with Gasteiger partial charge >= 0.3 is 6.03 Å².